The Morgan fingerprint density at radius 3 is 1.92 bits per heavy atom. The Morgan fingerprint density at radius 1 is 1.08 bits per heavy atom. The van der Waals surface area contributed by atoms with E-state index in [0.29, 0.717) is 0 Å². The Morgan fingerprint density at radius 2 is 1.58 bits per heavy atom. The molecular weight excluding hydrogens is 277 g/mol. The lowest BCUT2D eigenvalue weighted by Gasteiger charge is -2.35. The van der Waals surface area contributed by atoms with Crippen LogP contribution in [0, 0.1) is 0 Å². The molecule has 0 aromatic rings. The van der Waals surface area contributed by atoms with Crippen LogP contribution in [0.15, 0.2) is 0 Å². The molecular formula is C9H20INSi. The van der Waals surface area contributed by atoms with Gasteiger partial charge in [-0.25, -0.2) is 0 Å². The second-order valence-corrected chi connectivity index (χ2v) is 11.2. The van der Waals surface area contributed by atoms with E-state index in [4.69, 9.17) is 0 Å². The van der Waals surface area contributed by atoms with Crippen LogP contribution in [0.5, 0.6) is 0 Å². The van der Waals surface area contributed by atoms with Gasteiger partial charge >= 0.3 is 0 Å². The fraction of sp³-hybridized carbons (Fsp3) is 1.00. The SMILES string of the molecule is C[Si](C)(C)C1CCC(NI)CC1. The van der Waals surface area contributed by atoms with Crippen molar-refractivity contribution in [2.75, 3.05) is 0 Å². The molecule has 0 aromatic heterocycles. The molecule has 72 valence electrons. The normalized spacial score (nSPS) is 32.0. The zero-order chi connectivity index (χ0) is 9.19. The first kappa shape index (κ1) is 11.0. The third kappa shape index (κ3) is 2.99. The minimum atomic E-state index is -0.829. The average Bonchev–Trinajstić information content (AvgIpc) is 2.03. The van der Waals surface area contributed by atoms with E-state index in [1.54, 1.807) is 0 Å². The van der Waals surface area contributed by atoms with Crippen molar-refractivity contribution in [2.45, 2.75) is 56.9 Å². The van der Waals surface area contributed by atoms with E-state index in [9.17, 15) is 0 Å². The van der Waals surface area contributed by atoms with Crippen molar-refractivity contribution in [2.24, 2.45) is 0 Å². The smallest absolute Gasteiger partial charge is 0.0473 e. The van der Waals surface area contributed by atoms with Gasteiger partial charge in [0.2, 0.25) is 0 Å². The molecule has 0 unspecified atom stereocenters. The molecule has 0 saturated heterocycles. The van der Waals surface area contributed by atoms with Gasteiger partial charge in [0.05, 0.1) is 0 Å². The monoisotopic (exact) mass is 297 g/mol. The second kappa shape index (κ2) is 4.42. The molecule has 0 bridgehead atoms. The second-order valence-electron chi connectivity index (χ2n) is 5.02. The van der Waals surface area contributed by atoms with E-state index >= 15 is 0 Å². The highest BCUT2D eigenvalue weighted by atomic mass is 127. The van der Waals surface area contributed by atoms with Crippen LogP contribution in [0.3, 0.4) is 0 Å². The van der Waals surface area contributed by atoms with Gasteiger partial charge in [0.25, 0.3) is 0 Å². The van der Waals surface area contributed by atoms with Gasteiger partial charge in [0.15, 0.2) is 0 Å². The average molecular weight is 297 g/mol. The number of hydrogen-bond acceptors (Lipinski definition) is 1. The third-order valence-corrected chi connectivity index (χ3v) is 7.01. The van der Waals surface area contributed by atoms with Crippen LogP contribution in [-0.2, 0) is 0 Å². The molecule has 1 aliphatic rings. The largest absolute Gasteiger partial charge is 0.258 e. The summed E-state index contributed by atoms with van der Waals surface area (Å²) in [6, 6.07) is 0.804. The summed E-state index contributed by atoms with van der Waals surface area (Å²) in [6.07, 6.45) is 5.74. The summed E-state index contributed by atoms with van der Waals surface area (Å²) in [7, 11) is -0.829. The molecule has 1 aliphatic carbocycles. The van der Waals surface area contributed by atoms with Gasteiger partial charge in [-0.1, -0.05) is 32.5 Å². The van der Waals surface area contributed by atoms with Crippen molar-refractivity contribution in [1.82, 2.24) is 3.53 Å². The van der Waals surface area contributed by atoms with E-state index in [0.717, 1.165) is 11.6 Å². The topological polar surface area (TPSA) is 12.0 Å². The molecule has 3 heteroatoms. The zero-order valence-corrected chi connectivity index (χ0v) is 11.5. The molecule has 0 aliphatic heterocycles. The van der Waals surface area contributed by atoms with E-state index in [-0.39, 0.29) is 0 Å². The van der Waals surface area contributed by atoms with Gasteiger partial charge in [-0.2, -0.15) is 0 Å². The molecule has 1 saturated carbocycles. The summed E-state index contributed by atoms with van der Waals surface area (Å²) in [5, 5.41) is 0. The first-order chi connectivity index (χ1) is 5.54. The first-order valence-corrected chi connectivity index (χ1v) is 9.56. The molecule has 1 rings (SSSR count). The molecule has 0 aromatic carbocycles. The highest BCUT2D eigenvalue weighted by molar-refractivity contribution is 14.1. The Labute approximate surface area is 91.2 Å². The Bertz CT molecular complexity index is 136. The fourth-order valence-corrected chi connectivity index (χ4v) is 4.76. The van der Waals surface area contributed by atoms with E-state index in [1.807, 2.05) is 0 Å². The number of rotatable bonds is 2. The Balaban J connectivity index is 2.36. The van der Waals surface area contributed by atoms with Crippen molar-refractivity contribution in [1.29, 1.82) is 0 Å². The van der Waals surface area contributed by atoms with Gasteiger partial charge in [0.1, 0.15) is 0 Å². The van der Waals surface area contributed by atoms with Gasteiger partial charge in [0, 0.05) is 37.0 Å². The summed E-state index contributed by atoms with van der Waals surface area (Å²) >= 11 is 2.30. The summed E-state index contributed by atoms with van der Waals surface area (Å²) in [5.74, 6) is 0. The van der Waals surface area contributed by atoms with Gasteiger partial charge in [-0.05, 0) is 18.4 Å². The lowest BCUT2D eigenvalue weighted by molar-refractivity contribution is 0.422. The molecule has 0 atom stereocenters. The van der Waals surface area contributed by atoms with Crippen LogP contribution in [-0.4, -0.2) is 14.1 Å². The molecule has 1 nitrogen and oxygen atoms in total. The highest BCUT2D eigenvalue weighted by Crippen LogP contribution is 2.36. The number of hydrogen-bond donors (Lipinski definition) is 1. The van der Waals surface area contributed by atoms with Crippen molar-refractivity contribution < 1.29 is 0 Å². The number of halogens is 1. The zero-order valence-electron chi connectivity index (χ0n) is 8.36. The van der Waals surface area contributed by atoms with Gasteiger partial charge < -0.3 is 0 Å². The standard InChI is InChI=1S/C9H20INSi/c1-12(2,3)9-6-4-8(11-10)5-7-9/h8-9,11H,4-7H2,1-3H3. The van der Waals surface area contributed by atoms with E-state index in [1.165, 1.54) is 25.7 Å². The minimum Gasteiger partial charge on any atom is -0.258 e. The van der Waals surface area contributed by atoms with E-state index < -0.39 is 8.07 Å². The third-order valence-electron chi connectivity index (χ3n) is 3.11. The van der Waals surface area contributed by atoms with Gasteiger partial charge in [-0.15, -0.1) is 0 Å². The predicted octanol–water partition coefficient (Wildman–Crippen LogP) is 3.58. The number of nitrogens with one attached hydrogen (secondary N) is 1. The minimum absolute atomic E-state index is 0.804. The van der Waals surface area contributed by atoms with E-state index in [2.05, 4.69) is 46.0 Å². The van der Waals surface area contributed by atoms with Crippen molar-refractivity contribution in [3.8, 4) is 0 Å². The van der Waals surface area contributed by atoms with Crippen molar-refractivity contribution in [3.05, 3.63) is 0 Å². The van der Waals surface area contributed by atoms with Crippen LogP contribution in [0.2, 0.25) is 25.2 Å². The lowest BCUT2D eigenvalue weighted by atomic mass is 9.96. The predicted molar refractivity (Wildman–Crippen MR) is 66.5 cm³/mol. The molecule has 1 fully saturated rings. The summed E-state index contributed by atoms with van der Waals surface area (Å²) in [6.45, 7) is 7.53. The van der Waals surface area contributed by atoms with Crippen molar-refractivity contribution in [3.63, 3.8) is 0 Å². The highest BCUT2D eigenvalue weighted by Gasteiger charge is 2.30. The molecule has 0 radical (unpaired) electrons. The van der Waals surface area contributed by atoms with Crippen LogP contribution in [0.1, 0.15) is 25.7 Å². The molecule has 0 spiro atoms. The van der Waals surface area contributed by atoms with Crippen molar-refractivity contribution >= 4 is 30.9 Å². The van der Waals surface area contributed by atoms with Crippen LogP contribution in [0.4, 0.5) is 0 Å². The molecule has 0 heterocycles. The summed E-state index contributed by atoms with van der Waals surface area (Å²) in [4.78, 5) is 0. The van der Waals surface area contributed by atoms with Crippen LogP contribution < -0.4 is 3.53 Å². The first-order valence-electron chi connectivity index (χ1n) is 4.90. The van der Waals surface area contributed by atoms with Crippen LogP contribution >= 0.6 is 22.9 Å². The maximum absolute atomic E-state index is 3.36. The summed E-state index contributed by atoms with van der Waals surface area (Å²) < 4.78 is 3.36. The Hall–Kier alpha value is 0.907. The Kier molecular flexibility index (Phi) is 4.04. The maximum Gasteiger partial charge on any atom is 0.0473 e. The summed E-state index contributed by atoms with van der Waals surface area (Å²) in [5.41, 5.74) is 1.08. The molecule has 1 N–H and O–H groups in total. The molecule has 0 amide bonds. The molecule has 12 heavy (non-hydrogen) atoms. The maximum atomic E-state index is 3.36. The van der Waals surface area contributed by atoms with Crippen LogP contribution in [0.25, 0.3) is 0 Å². The fourth-order valence-electron chi connectivity index (χ4n) is 2.07. The quantitative estimate of drug-likeness (QED) is 0.467. The lowest BCUT2D eigenvalue weighted by Crippen LogP contribution is -2.34. The van der Waals surface area contributed by atoms with Gasteiger partial charge in [-0.3, -0.25) is 3.53 Å².